The van der Waals surface area contributed by atoms with E-state index in [-0.39, 0.29) is 0 Å². The Morgan fingerprint density at radius 1 is 0.500 bits per heavy atom. The second-order valence-electron chi connectivity index (χ2n) is 4.14. The third-order valence-corrected chi connectivity index (χ3v) is 2.36. The summed E-state index contributed by atoms with van der Waals surface area (Å²) in [6.07, 6.45) is 0. The SMILES string of the molecule is Cc1ccccc1.Oc1ccccc1.c1ccccc1. The average Bonchev–Trinajstić information content (AvgIpc) is 2.52. The van der Waals surface area contributed by atoms with Crippen molar-refractivity contribution in [3.63, 3.8) is 0 Å². The Morgan fingerprint density at radius 3 is 1.00 bits per heavy atom. The maximum Gasteiger partial charge on any atom is 0.115 e. The molecule has 0 amide bonds. The minimum Gasteiger partial charge on any atom is -0.508 e. The molecule has 0 aliphatic carbocycles. The number of hydrogen-bond donors (Lipinski definition) is 1. The quantitative estimate of drug-likeness (QED) is 0.600. The van der Waals surface area contributed by atoms with Crippen molar-refractivity contribution in [2.75, 3.05) is 0 Å². The molecule has 3 aromatic rings. The molecule has 0 unspecified atom stereocenters. The fraction of sp³-hybridized carbons (Fsp3) is 0.0526. The molecular weight excluding hydrogens is 244 g/mol. The van der Waals surface area contributed by atoms with Gasteiger partial charge in [-0.25, -0.2) is 0 Å². The zero-order chi connectivity index (χ0) is 14.5. The van der Waals surface area contributed by atoms with Crippen molar-refractivity contribution in [2.45, 2.75) is 6.92 Å². The fourth-order valence-electron chi connectivity index (χ4n) is 1.35. The predicted molar refractivity (Wildman–Crippen MR) is 85.7 cm³/mol. The van der Waals surface area contributed by atoms with Crippen LogP contribution in [0.2, 0.25) is 0 Å². The van der Waals surface area contributed by atoms with E-state index in [9.17, 15) is 0 Å². The molecule has 1 N–H and O–H groups in total. The number of phenols is 1. The van der Waals surface area contributed by atoms with Crippen LogP contribution in [0, 0.1) is 6.92 Å². The molecule has 0 fully saturated rings. The molecule has 20 heavy (non-hydrogen) atoms. The van der Waals surface area contributed by atoms with E-state index < -0.39 is 0 Å². The van der Waals surface area contributed by atoms with Crippen molar-refractivity contribution in [1.29, 1.82) is 0 Å². The summed E-state index contributed by atoms with van der Waals surface area (Å²) in [4.78, 5) is 0. The summed E-state index contributed by atoms with van der Waals surface area (Å²) in [5.41, 5.74) is 1.32. The van der Waals surface area contributed by atoms with Gasteiger partial charge in [0.2, 0.25) is 0 Å². The Labute approximate surface area is 121 Å². The molecule has 0 aliphatic heterocycles. The summed E-state index contributed by atoms with van der Waals surface area (Å²) >= 11 is 0. The largest absolute Gasteiger partial charge is 0.508 e. The number of hydrogen-bond acceptors (Lipinski definition) is 1. The lowest BCUT2D eigenvalue weighted by atomic mass is 10.2. The van der Waals surface area contributed by atoms with Gasteiger partial charge in [0, 0.05) is 0 Å². The van der Waals surface area contributed by atoms with Gasteiger partial charge in [0.15, 0.2) is 0 Å². The van der Waals surface area contributed by atoms with Crippen LogP contribution in [0.4, 0.5) is 0 Å². The molecule has 0 spiro atoms. The highest BCUT2D eigenvalue weighted by Crippen LogP contribution is 2.02. The Balaban J connectivity index is 0.000000151. The first kappa shape index (κ1) is 15.5. The molecule has 0 bridgehead atoms. The van der Waals surface area contributed by atoms with Crippen molar-refractivity contribution in [2.24, 2.45) is 0 Å². The van der Waals surface area contributed by atoms with Crippen LogP contribution >= 0.6 is 0 Å². The highest BCUT2D eigenvalue weighted by molar-refractivity contribution is 5.18. The summed E-state index contributed by atoms with van der Waals surface area (Å²) in [6, 6.07) is 31.0. The van der Waals surface area contributed by atoms with Gasteiger partial charge < -0.3 is 5.11 Å². The van der Waals surface area contributed by atoms with Gasteiger partial charge in [-0.1, -0.05) is 90.5 Å². The second-order valence-corrected chi connectivity index (χ2v) is 4.14. The van der Waals surface area contributed by atoms with E-state index >= 15 is 0 Å². The molecule has 0 aliphatic rings. The minimum absolute atomic E-state index is 0.322. The monoisotopic (exact) mass is 264 g/mol. The van der Waals surface area contributed by atoms with E-state index in [1.165, 1.54) is 5.56 Å². The first-order valence-corrected chi connectivity index (χ1v) is 6.54. The number of aryl methyl sites for hydroxylation is 1. The Kier molecular flexibility index (Phi) is 8.06. The zero-order valence-electron chi connectivity index (χ0n) is 11.7. The van der Waals surface area contributed by atoms with Gasteiger partial charge in [-0.3, -0.25) is 0 Å². The second kappa shape index (κ2) is 10.4. The predicted octanol–water partition coefficient (Wildman–Crippen LogP) is 5.07. The van der Waals surface area contributed by atoms with Gasteiger partial charge in [0.1, 0.15) is 5.75 Å². The maximum absolute atomic E-state index is 8.63. The van der Waals surface area contributed by atoms with Crippen molar-refractivity contribution >= 4 is 0 Å². The summed E-state index contributed by atoms with van der Waals surface area (Å²) in [6.45, 7) is 2.08. The number of rotatable bonds is 0. The molecular formula is C19H20O. The van der Waals surface area contributed by atoms with Crippen LogP contribution in [0.1, 0.15) is 5.56 Å². The molecule has 3 rings (SSSR count). The summed E-state index contributed by atoms with van der Waals surface area (Å²) < 4.78 is 0. The Hall–Kier alpha value is -2.54. The molecule has 1 heteroatoms. The van der Waals surface area contributed by atoms with E-state index in [2.05, 4.69) is 19.1 Å². The van der Waals surface area contributed by atoms with Gasteiger partial charge in [-0.2, -0.15) is 0 Å². The van der Waals surface area contributed by atoms with E-state index in [0.29, 0.717) is 5.75 Å². The number of phenolic OH excluding ortho intramolecular Hbond substituents is 1. The molecule has 0 saturated heterocycles. The van der Waals surface area contributed by atoms with Crippen LogP contribution in [0.3, 0.4) is 0 Å². The van der Waals surface area contributed by atoms with Crippen LogP contribution in [0.15, 0.2) is 97.1 Å². The molecule has 102 valence electrons. The van der Waals surface area contributed by atoms with Gasteiger partial charge in [0.25, 0.3) is 0 Å². The summed E-state index contributed by atoms with van der Waals surface area (Å²) in [5.74, 6) is 0.322. The fourth-order valence-corrected chi connectivity index (χ4v) is 1.35. The standard InChI is InChI=1S/C7H8.C6H6O.C6H6/c1-7-5-3-2-4-6-7;7-6-4-2-1-3-5-6;1-2-4-6-5-3-1/h2-6H,1H3;1-5,7H;1-6H. The molecule has 0 heterocycles. The molecule has 0 aromatic heterocycles. The Morgan fingerprint density at radius 2 is 0.800 bits per heavy atom. The topological polar surface area (TPSA) is 20.2 Å². The zero-order valence-corrected chi connectivity index (χ0v) is 11.7. The number of para-hydroxylation sites is 1. The van der Waals surface area contributed by atoms with Crippen LogP contribution in [0.5, 0.6) is 5.75 Å². The molecule has 0 atom stereocenters. The van der Waals surface area contributed by atoms with E-state index in [0.717, 1.165) is 0 Å². The first-order chi connectivity index (χ1) is 9.79. The van der Waals surface area contributed by atoms with E-state index in [1.54, 1.807) is 24.3 Å². The van der Waals surface area contributed by atoms with Crippen molar-refractivity contribution in [3.8, 4) is 5.75 Å². The van der Waals surface area contributed by atoms with Gasteiger partial charge in [-0.05, 0) is 19.1 Å². The summed E-state index contributed by atoms with van der Waals surface area (Å²) in [7, 11) is 0. The molecule has 1 nitrogen and oxygen atoms in total. The lowest BCUT2D eigenvalue weighted by Crippen LogP contribution is -1.62. The lowest BCUT2D eigenvalue weighted by Gasteiger charge is -1.82. The first-order valence-electron chi connectivity index (χ1n) is 6.54. The number of aromatic hydroxyl groups is 1. The third kappa shape index (κ3) is 8.54. The van der Waals surface area contributed by atoms with Crippen LogP contribution in [-0.4, -0.2) is 5.11 Å². The summed E-state index contributed by atoms with van der Waals surface area (Å²) in [5, 5.41) is 8.63. The van der Waals surface area contributed by atoms with Crippen molar-refractivity contribution < 1.29 is 5.11 Å². The normalized spacial score (nSPS) is 8.45. The minimum atomic E-state index is 0.322. The van der Waals surface area contributed by atoms with Gasteiger partial charge in [-0.15, -0.1) is 0 Å². The highest BCUT2D eigenvalue weighted by atomic mass is 16.3. The van der Waals surface area contributed by atoms with Gasteiger partial charge >= 0.3 is 0 Å². The molecule has 3 aromatic carbocycles. The highest BCUT2D eigenvalue weighted by Gasteiger charge is 1.75. The smallest absolute Gasteiger partial charge is 0.115 e. The number of benzene rings is 3. The van der Waals surface area contributed by atoms with E-state index in [4.69, 9.17) is 5.11 Å². The molecule has 0 radical (unpaired) electrons. The van der Waals surface area contributed by atoms with E-state index in [1.807, 2.05) is 60.7 Å². The average molecular weight is 264 g/mol. The van der Waals surface area contributed by atoms with Gasteiger partial charge in [0.05, 0.1) is 0 Å². The van der Waals surface area contributed by atoms with Crippen LogP contribution in [0.25, 0.3) is 0 Å². The third-order valence-electron chi connectivity index (χ3n) is 2.36. The van der Waals surface area contributed by atoms with Crippen molar-refractivity contribution in [3.05, 3.63) is 103 Å². The Bertz CT molecular complexity index is 468. The van der Waals surface area contributed by atoms with Crippen LogP contribution < -0.4 is 0 Å². The maximum atomic E-state index is 8.63. The van der Waals surface area contributed by atoms with Crippen molar-refractivity contribution in [1.82, 2.24) is 0 Å². The lowest BCUT2D eigenvalue weighted by molar-refractivity contribution is 0.475. The van der Waals surface area contributed by atoms with Crippen LogP contribution in [-0.2, 0) is 0 Å². The molecule has 0 saturated carbocycles.